The quantitative estimate of drug-likeness (QED) is 0.826. The minimum Gasteiger partial charge on any atom is -0.339 e. The first kappa shape index (κ1) is 18.6. The number of aryl methyl sites for hydroxylation is 1. The molecule has 1 aromatic heterocycles. The summed E-state index contributed by atoms with van der Waals surface area (Å²) in [5, 5.41) is 0. The molecular weight excluding hydrogens is 348 g/mol. The normalized spacial score (nSPS) is 15.8. The Balaban J connectivity index is 1.77. The predicted octanol–water partition coefficient (Wildman–Crippen LogP) is 3.24. The van der Waals surface area contributed by atoms with E-state index in [1.807, 2.05) is 11.8 Å². The molecule has 5 nitrogen and oxygen atoms in total. The zero-order valence-corrected chi connectivity index (χ0v) is 16.0. The summed E-state index contributed by atoms with van der Waals surface area (Å²) < 4.78 is 25.2. The van der Waals surface area contributed by atoms with Crippen LogP contribution in [0.1, 0.15) is 41.3 Å². The molecule has 0 unspecified atom stereocenters. The van der Waals surface area contributed by atoms with Gasteiger partial charge in [0.25, 0.3) is 5.91 Å². The fraction of sp³-hybridized carbons (Fsp3) is 0.400. The highest BCUT2D eigenvalue weighted by molar-refractivity contribution is 7.90. The molecule has 0 saturated carbocycles. The lowest BCUT2D eigenvalue weighted by Crippen LogP contribution is -2.38. The number of piperidine rings is 1. The van der Waals surface area contributed by atoms with Gasteiger partial charge in [0.05, 0.1) is 16.2 Å². The van der Waals surface area contributed by atoms with Gasteiger partial charge in [0, 0.05) is 25.5 Å². The van der Waals surface area contributed by atoms with Gasteiger partial charge in [0.2, 0.25) is 0 Å². The van der Waals surface area contributed by atoms with Crippen LogP contribution in [0.4, 0.5) is 0 Å². The van der Waals surface area contributed by atoms with Crippen molar-refractivity contribution in [1.29, 1.82) is 0 Å². The molecule has 0 spiro atoms. The first-order valence-corrected chi connectivity index (χ1v) is 10.5. The molecule has 1 amide bonds. The van der Waals surface area contributed by atoms with Gasteiger partial charge in [-0.1, -0.05) is 24.6 Å². The average molecular weight is 372 g/mol. The Bertz CT molecular complexity index is 884. The maximum absolute atomic E-state index is 12.7. The largest absolute Gasteiger partial charge is 0.339 e. The van der Waals surface area contributed by atoms with Crippen LogP contribution in [0.2, 0.25) is 0 Å². The number of aromatic nitrogens is 1. The molecule has 138 valence electrons. The fourth-order valence-electron chi connectivity index (χ4n) is 3.13. The molecule has 0 atom stereocenters. The minimum atomic E-state index is -3.47. The van der Waals surface area contributed by atoms with Gasteiger partial charge in [-0.3, -0.25) is 9.78 Å². The van der Waals surface area contributed by atoms with Gasteiger partial charge >= 0.3 is 0 Å². The van der Waals surface area contributed by atoms with Crippen LogP contribution in [0.5, 0.6) is 0 Å². The van der Waals surface area contributed by atoms with Crippen LogP contribution in [-0.2, 0) is 15.6 Å². The Morgan fingerprint density at radius 2 is 1.81 bits per heavy atom. The maximum Gasteiger partial charge on any atom is 0.255 e. The van der Waals surface area contributed by atoms with Gasteiger partial charge in [-0.15, -0.1) is 0 Å². The summed E-state index contributed by atoms with van der Waals surface area (Å²) in [7, 11) is -3.47. The van der Waals surface area contributed by atoms with E-state index in [9.17, 15) is 13.2 Å². The standard InChI is InChI=1S/C20H24N2O3S/c1-15-3-5-19(6-4-15)26(24,25)14-17-11-18(13-21-12-17)20(23)22-9-7-16(2)8-10-22/h3-6,11-13,16H,7-10,14H2,1-2H3. The number of likely N-dealkylation sites (tertiary alicyclic amines) is 1. The molecule has 1 aliphatic rings. The number of pyridine rings is 1. The number of rotatable bonds is 4. The number of sulfone groups is 1. The van der Waals surface area contributed by atoms with Gasteiger partial charge in [0.15, 0.2) is 9.84 Å². The summed E-state index contributed by atoms with van der Waals surface area (Å²) in [6.45, 7) is 5.59. The number of carbonyl (C=O) groups is 1. The third kappa shape index (κ3) is 4.30. The van der Waals surface area contributed by atoms with Crippen molar-refractivity contribution in [2.24, 2.45) is 5.92 Å². The van der Waals surface area contributed by atoms with E-state index >= 15 is 0 Å². The minimum absolute atomic E-state index is 0.0704. The lowest BCUT2D eigenvalue weighted by Gasteiger charge is -2.30. The van der Waals surface area contributed by atoms with Gasteiger partial charge < -0.3 is 4.90 Å². The second kappa shape index (κ2) is 7.58. The van der Waals surface area contributed by atoms with E-state index in [-0.39, 0.29) is 16.6 Å². The summed E-state index contributed by atoms with van der Waals surface area (Å²) >= 11 is 0. The summed E-state index contributed by atoms with van der Waals surface area (Å²) in [6.07, 6.45) is 5.03. The Kier molecular flexibility index (Phi) is 5.41. The third-order valence-corrected chi connectivity index (χ3v) is 6.55. The number of nitrogens with zero attached hydrogens (tertiary/aromatic N) is 2. The molecule has 26 heavy (non-hydrogen) atoms. The first-order valence-electron chi connectivity index (χ1n) is 8.88. The lowest BCUT2D eigenvalue weighted by atomic mass is 9.99. The highest BCUT2D eigenvalue weighted by Crippen LogP contribution is 2.20. The van der Waals surface area contributed by atoms with Crippen molar-refractivity contribution in [2.45, 2.75) is 37.3 Å². The Morgan fingerprint density at radius 3 is 2.46 bits per heavy atom. The van der Waals surface area contributed by atoms with Crippen molar-refractivity contribution in [3.05, 3.63) is 59.4 Å². The number of amides is 1. The molecule has 0 bridgehead atoms. The molecule has 1 aromatic carbocycles. The number of hydrogen-bond donors (Lipinski definition) is 0. The van der Waals surface area contributed by atoms with E-state index in [0.717, 1.165) is 31.5 Å². The molecule has 2 heterocycles. The van der Waals surface area contributed by atoms with Crippen molar-refractivity contribution in [2.75, 3.05) is 13.1 Å². The van der Waals surface area contributed by atoms with E-state index in [0.29, 0.717) is 17.0 Å². The highest BCUT2D eigenvalue weighted by Gasteiger charge is 2.22. The van der Waals surface area contributed by atoms with Gasteiger partial charge in [-0.2, -0.15) is 0 Å². The van der Waals surface area contributed by atoms with Crippen LogP contribution in [0.15, 0.2) is 47.6 Å². The molecule has 0 aliphatic carbocycles. The third-order valence-electron chi connectivity index (χ3n) is 4.85. The average Bonchev–Trinajstić information content (AvgIpc) is 2.62. The molecule has 0 N–H and O–H groups in total. The lowest BCUT2D eigenvalue weighted by molar-refractivity contribution is 0.0696. The molecule has 2 aromatic rings. The fourth-order valence-corrected chi connectivity index (χ4v) is 4.44. The monoisotopic (exact) mass is 372 g/mol. The first-order chi connectivity index (χ1) is 12.3. The van der Waals surface area contributed by atoms with Crippen molar-refractivity contribution in [3.63, 3.8) is 0 Å². The molecule has 1 saturated heterocycles. The second-order valence-electron chi connectivity index (χ2n) is 7.13. The molecule has 6 heteroatoms. The van der Waals surface area contributed by atoms with Gasteiger partial charge in [0.1, 0.15) is 0 Å². The van der Waals surface area contributed by atoms with Crippen LogP contribution in [0.3, 0.4) is 0 Å². The van der Waals surface area contributed by atoms with Crippen molar-refractivity contribution in [1.82, 2.24) is 9.88 Å². The van der Waals surface area contributed by atoms with Crippen molar-refractivity contribution >= 4 is 15.7 Å². The van der Waals surface area contributed by atoms with Gasteiger partial charge in [-0.05, 0) is 49.4 Å². The molecule has 1 aliphatic heterocycles. The molecule has 0 radical (unpaired) electrons. The number of benzene rings is 1. The maximum atomic E-state index is 12.7. The van der Waals surface area contributed by atoms with Crippen LogP contribution in [0.25, 0.3) is 0 Å². The number of carbonyl (C=O) groups excluding carboxylic acids is 1. The highest BCUT2D eigenvalue weighted by atomic mass is 32.2. The summed E-state index contributed by atoms with van der Waals surface area (Å²) in [5.74, 6) is 0.406. The Hall–Kier alpha value is -2.21. The van der Waals surface area contributed by atoms with Crippen LogP contribution >= 0.6 is 0 Å². The molecular formula is C20H24N2O3S. The zero-order chi connectivity index (χ0) is 18.7. The van der Waals surface area contributed by atoms with E-state index in [4.69, 9.17) is 0 Å². The Morgan fingerprint density at radius 1 is 1.15 bits per heavy atom. The SMILES string of the molecule is Cc1ccc(S(=O)(=O)Cc2cncc(C(=O)N3CCC(C)CC3)c2)cc1. The van der Waals surface area contributed by atoms with Crippen molar-refractivity contribution in [3.8, 4) is 0 Å². The van der Waals surface area contributed by atoms with Crippen LogP contribution in [-0.4, -0.2) is 37.3 Å². The summed E-state index contributed by atoms with van der Waals surface area (Å²) in [6, 6.07) is 8.44. The summed E-state index contributed by atoms with van der Waals surface area (Å²) in [4.78, 5) is 18.9. The van der Waals surface area contributed by atoms with E-state index < -0.39 is 9.84 Å². The predicted molar refractivity (Wildman–Crippen MR) is 101 cm³/mol. The van der Waals surface area contributed by atoms with Crippen LogP contribution < -0.4 is 0 Å². The van der Waals surface area contributed by atoms with E-state index in [1.54, 1.807) is 30.3 Å². The van der Waals surface area contributed by atoms with E-state index in [2.05, 4.69) is 11.9 Å². The smallest absolute Gasteiger partial charge is 0.255 e. The number of hydrogen-bond acceptors (Lipinski definition) is 4. The van der Waals surface area contributed by atoms with Crippen molar-refractivity contribution < 1.29 is 13.2 Å². The second-order valence-corrected chi connectivity index (χ2v) is 9.12. The summed E-state index contributed by atoms with van der Waals surface area (Å²) in [5.41, 5.74) is 1.99. The topological polar surface area (TPSA) is 67.3 Å². The van der Waals surface area contributed by atoms with Gasteiger partial charge in [-0.25, -0.2) is 8.42 Å². The molecule has 1 fully saturated rings. The molecule has 3 rings (SSSR count). The Labute approximate surface area is 155 Å². The van der Waals surface area contributed by atoms with Crippen LogP contribution in [0, 0.1) is 12.8 Å². The van der Waals surface area contributed by atoms with E-state index in [1.165, 1.54) is 12.4 Å². The zero-order valence-electron chi connectivity index (χ0n) is 15.2.